The van der Waals surface area contributed by atoms with Crippen LogP contribution in [0.25, 0.3) is 20.7 Å². The molecule has 0 N–H and O–H groups in total. The monoisotopic (exact) mass is 406 g/mol. The highest BCUT2D eigenvalue weighted by molar-refractivity contribution is 7.21. The lowest BCUT2D eigenvalue weighted by atomic mass is 9.95. The summed E-state index contributed by atoms with van der Waals surface area (Å²) in [4.78, 5) is 28.1. The molecule has 2 fully saturated rings. The summed E-state index contributed by atoms with van der Waals surface area (Å²) >= 11 is 1.73. The Morgan fingerprint density at radius 3 is 2.66 bits per heavy atom. The molecule has 0 spiro atoms. The zero-order valence-corrected chi connectivity index (χ0v) is 17.4. The van der Waals surface area contributed by atoms with E-state index in [-0.39, 0.29) is 0 Å². The van der Waals surface area contributed by atoms with Gasteiger partial charge in [-0.1, -0.05) is 30.3 Å². The Morgan fingerprint density at radius 2 is 1.86 bits per heavy atom. The van der Waals surface area contributed by atoms with E-state index in [1.54, 1.807) is 17.7 Å². The van der Waals surface area contributed by atoms with Crippen molar-refractivity contribution in [2.45, 2.75) is 32.1 Å². The summed E-state index contributed by atoms with van der Waals surface area (Å²) in [5.74, 6) is 2.01. The lowest BCUT2D eigenvalue weighted by Gasteiger charge is -2.36. The number of carbonyl (C=O) groups is 1. The lowest BCUT2D eigenvalue weighted by Crippen LogP contribution is -2.42. The Kier molecular flexibility index (Phi) is 5.19. The van der Waals surface area contributed by atoms with Crippen LogP contribution >= 0.6 is 11.3 Å². The molecule has 1 aromatic carbocycles. The van der Waals surface area contributed by atoms with Crippen LogP contribution in [0.4, 0.5) is 5.82 Å². The van der Waals surface area contributed by atoms with Gasteiger partial charge in [-0.15, -0.1) is 11.3 Å². The molecule has 0 radical (unpaired) electrons. The highest BCUT2D eigenvalue weighted by atomic mass is 32.1. The Morgan fingerprint density at radius 1 is 1.03 bits per heavy atom. The Labute approximate surface area is 175 Å². The van der Waals surface area contributed by atoms with Gasteiger partial charge in [0, 0.05) is 37.5 Å². The smallest absolute Gasteiger partial charge is 0.222 e. The summed E-state index contributed by atoms with van der Waals surface area (Å²) < 4.78 is 0. The normalized spacial score (nSPS) is 18.6. The number of aromatic nitrogens is 2. The highest BCUT2D eigenvalue weighted by Crippen LogP contribution is 2.37. The van der Waals surface area contributed by atoms with Crippen LogP contribution in [0, 0.1) is 5.92 Å². The number of likely N-dealkylation sites (tertiary alicyclic amines) is 1. The van der Waals surface area contributed by atoms with E-state index >= 15 is 0 Å². The molecular weight excluding hydrogens is 380 g/mol. The Bertz CT molecular complexity index is 995. The van der Waals surface area contributed by atoms with Gasteiger partial charge in [-0.05, 0) is 43.2 Å². The minimum atomic E-state index is 0.350. The third-order valence-corrected chi connectivity index (χ3v) is 7.27. The van der Waals surface area contributed by atoms with Crippen LogP contribution in [0.2, 0.25) is 0 Å². The maximum atomic E-state index is 12.1. The number of amides is 1. The number of hydrogen-bond acceptors (Lipinski definition) is 5. The fraction of sp³-hybridized carbons (Fsp3) is 0.435. The van der Waals surface area contributed by atoms with E-state index in [0.29, 0.717) is 11.8 Å². The molecule has 2 aromatic heterocycles. The molecule has 0 atom stereocenters. The number of benzene rings is 1. The maximum absolute atomic E-state index is 12.1. The van der Waals surface area contributed by atoms with Crippen molar-refractivity contribution < 1.29 is 4.79 Å². The van der Waals surface area contributed by atoms with E-state index in [2.05, 4.69) is 50.1 Å². The van der Waals surface area contributed by atoms with E-state index < -0.39 is 0 Å². The quantitative estimate of drug-likeness (QED) is 0.636. The zero-order valence-electron chi connectivity index (χ0n) is 16.6. The van der Waals surface area contributed by atoms with E-state index in [1.165, 1.54) is 10.4 Å². The van der Waals surface area contributed by atoms with Crippen molar-refractivity contribution in [3.05, 3.63) is 42.7 Å². The molecule has 0 unspecified atom stereocenters. The number of fused-ring (bicyclic) bond motifs is 1. The number of thiophene rings is 1. The van der Waals surface area contributed by atoms with Gasteiger partial charge in [-0.3, -0.25) is 4.79 Å². The van der Waals surface area contributed by atoms with Gasteiger partial charge in [0.2, 0.25) is 5.91 Å². The van der Waals surface area contributed by atoms with E-state index in [9.17, 15) is 4.79 Å². The molecule has 3 aromatic rings. The van der Waals surface area contributed by atoms with Crippen LogP contribution in [0.1, 0.15) is 32.1 Å². The van der Waals surface area contributed by atoms with Crippen molar-refractivity contribution in [1.29, 1.82) is 0 Å². The van der Waals surface area contributed by atoms with Crippen LogP contribution in [-0.2, 0) is 4.79 Å². The van der Waals surface area contributed by atoms with Gasteiger partial charge in [-0.25, -0.2) is 9.97 Å². The van der Waals surface area contributed by atoms with Crippen molar-refractivity contribution in [1.82, 2.24) is 14.9 Å². The number of nitrogens with zero attached hydrogens (tertiary/aromatic N) is 4. The van der Waals surface area contributed by atoms with Gasteiger partial charge in [0.05, 0.1) is 5.39 Å². The third kappa shape index (κ3) is 3.86. The fourth-order valence-corrected chi connectivity index (χ4v) is 5.53. The largest absolute Gasteiger partial charge is 0.356 e. The molecule has 2 aliphatic heterocycles. The molecule has 150 valence electrons. The number of hydrogen-bond donors (Lipinski definition) is 0. The molecule has 2 aliphatic rings. The fourth-order valence-electron chi connectivity index (χ4n) is 4.53. The number of anilines is 1. The van der Waals surface area contributed by atoms with Crippen molar-refractivity contribution in [3.8, 4) is 10.4 Å². The summed E-state index contributed by atoms with van der Waals surface area (Å²) in [5.41, 5.74) is 1.23. The van der Waals surface area contributed by atoms with Crippen LogP contribution in [0.3, 0.4) is 0 Å². The van der Waals surface area contributed by atoms with Crippen LogP contribution in [0.5, 0.6) is 0 Å². The average Bonchev–Trinajstić information content (AvgIpc) is 3.21. The SMILES string of the molecule is O=C1CCCCN1CC1CCN(c2ncnc3sc(-c4ccccc4)cc23)CC1. The van der Waals surface area contributed by atoms with Gasteiger partial charge in [-0.2, -0.15) is 0 Å². The second-order valence-corrected chi connectivity index (χ2v) is 9.15. The number of piperidine rings is 2. The molecule has 4 heterocycles. The predicted octanol–water partition coefficient (Wildman–Crippen LogP) is 4.59. The molecule has 5 nitrogen and oxygen atoms in total. The summed E-state index contributed by atoms with van der Waals surface area (Å²) in [7, 11) is 0. The summed E-state index contributed by atoms with van der Waals surface area (Å²) in [6.45, 7) is 3.87. The van der Waals surface area contributed by atoms with Crippen molar-refractivity contribution in [2.24, 2.45) is 5.92 Å². The summed E-state index contributed by atoms with van der Waals surface area (Å²) in [6, 6.07) is 12.7. The molecule has 0 saturated carbocycles. The second kappa shape index (κ2) is 8.11. The first kappa shape index (κ1) is 18.6. The zero-order chi connectivity index (χ0) is 19.6. The molecule has 2 saturated heterocycles. The van der Waals surface area contributed by atoms with Crippen molar-refractivity contribution >= 4 is 33.3 Å². The number of rotatable bonds is 4. The minimum absolute atomic E-state index is 0.350. The van der Waals surface area contributed by atoms with Gasteiger partial charge < -0.3 is 9.80 Å². The molecule has 6 heteroatoms. The summed E-state index contributed by atoms with van der Waals surface area (Å²) in [5, 5.41) is 1.15. The van der Waals surface area contributed by atoms with Crippen molar-refractivity contribution in [3.63, 3.8) is 0 Å². The molecular formula is C23H26N4OS. The lowest BCUT2D eigenvalue weighted by molar-refractivity contribution is -0.134. The van der Waals surface area contributed by atoms with Gasteiger partial charge in [0.1, 0.15) is 17.0 Å². The summed E-state index contributed by atoms with van der Waals surface area (Å²) in [6.07, 6.45) is 6.88. The molecule has 29 heavy (non-hydrogen) atoms. The average molecular weight is 407 g/mol. The Balaban J connectivity index is 1.30. The van der Waals surface area contributed by atoms with Crippen LogP contribution in [0.15, 0.2) is 42.7 Å². The first-order chi connectivity index (χ1) is 14.3. The van der Waals surface area contributed by atoms with Crippen LogP contribution < -0.4 is 4.90 Å². The third-order valence-electron chi connectivity index (χ3n) is 6.18. The first-order valence-corrected chi connectivity index (χ1v) is 11.4. The van der Waals surface area contributed by atoms with Gasteiger partial charge >= 0.3 is 0 Å². The number of carbonyl (C=O) groups excluding carboxylic acids is 1. The van der Waals surface area contributed by atoms with Crippen molar-refractivity contribution in [2.75, 3.05) is 31.1 Å². The van der Waals surface area contributed by atoms with Gasteiger partial charge in [0.15, 0.2) is 0 Å². The van der Waals surface area contributed by atoms with E-state index in [0.717, 1.165) is 74.3 Å². The molecule has 0 bridgehead atoms. The molecule has 0 aliphatic carbocycles. The van der Waals surface area contributed by atoms with Crippen LogP contribution in [-0.4, -0.2) is 47.0 Å². The van der Waals surface area contributed by atoms with E-state index in [1.807, 2.05) is 6.07 Å². The molecule has 5 rings (SSSR count). The molecule has 1 amide bonds. The standard InChI is InChI=1S/C23H26N4OS/c28-21-8-4-5-11-27(21)15-17-9-12-26(13-10-17)22-19-14-20(18-6-2-1-3-7-18)29-23(19)25-16-24-22/h1-3,6-7,14,16-17H,4-5,8-13,15H2. The maximum Gasteiger partial charge on any atom is 0.222 e. The van der Waals surface area contributed by atoms with E-state index in [4.69, 9.17) is 0 Å². The van der Waals surface area contributed by atoms with Gasteiger partial charge in [0.25, 0.3) is 0 Å². The predicted molar refractivity (Wildman–Crippen MR) is 118 cm³/mol. The topological polar surface area (TPSA) is 49.3 Å². The second-order valence-electron chi connectivity index (χ2n) is 8.12. The highest BCUT2D eigenvalue weighted by Gasteiger charge is 2.26. The first-order valence-electron chi connectivity index (χ1n) is 10.6. The minimum Gasteiger partial charge on any atom is -0.356 e. The Hall–Kier alpha value is -2.47.